The van der Waals surface area contributed by atoms with E-state index in [4.69, 9.17) is 10.8 Å². The number of hydrogen-bond acceptors (Lipinski definition) is 4. The van der Waals surface area contributed by atoms with Gasteiger partial charge in [-0.1, -0.05) is 6.92 Å². The molecule has 0 spiro atoms. The van der Waals surface area contributed by atoms with Crippen LogP contribution in [0.5, 0.6) is 0 Å². The molecular formula is C11H18N2OS. The second-order valence-electron chi connectivity index (χ2n) is 3.63. The maximum atomic E-state index is 8.94. The maximum absolute atomic E-state index is 8.94. The van der Waals surface area contributed by atoms with E-state index in [1.165, 1.54) is 5.56 Å². The standard InChI is InChI=1S/C11H18N2OS/c1-9(7-14)8-15-11(6-12)10-2-4-13-5-3-10/h2-5,9,11,14H,6-8,12H2,1H3. The zero-order valence-electron chi connectivity index (χ0n) is 8.97. The number of pyridine rings is 1. The molecule has 1 aromatic rings. The van der Waals surface area contributed by atoms with Crippen LogP contribution in [0.2, 0.25) is 0 Å². The van der Waals surface area contributed by atoms with Crippen molar-refractivity contribution in [1.82, 2.24) is 4.98 Å². The Balaban J connectivity index is 2.50. The molecule has 15 heavy (non-hydrogen) atoms. The van der Waals surface area contributed by atoms with E-state index in [0.29, 0.717) is 17.7 Å². The van der Waals surface area contributed by atoms with E-state index in [1.54, 1.807) is 24.2 Å². The van der Waals surface area contributed by atoms with Gasteiger partial charge in [0.05, 0.1) is 0 Å². The van der Waals surface area contributed by atoms with E-state index in [9.17, 15) is 0 Å². The number of thioether (sulfide) groups is 1. The topological polar surface area (TPSA) is 59.1 Å². The summed E-state index contributed by atoms with van der Waals surface area (Å²) < 4.78 is 0. The highest BCUT2D eigenvalue weighted by Gasteiger charge is 2.11. The Bertz CT molecular complexity index is 269. The van der Waals surface area contributed by atoms with Crippen molar-refractivity contribution in [1.29, 1.82) is 0 Å². The fourth-order valence-corrected chi connectivity index (χ4v) is 2.36. The van der Waals surface area contributed by atoms with Gasteiger partial charge in [-0.2, -0.15) is 11.8 Å². The van der Waals surface area contributed by atoms with Crippen LogP contribution in [0.15, 0.2) is 24.5 Å². The first kappa shape index (κ1) is 12.5. The van der Waals surface area contributed by atoms with Gasteiger partial charge in [-0.3, -0.25) is 4.98 Å². The largest absolute Gasteiger partial charge is 0.396 e. The molecule has 1 aromatic heterocycles. The van der Waals surface area contributed by atoms with Crippen molar-refractivity contribution in [2.24, 2.45) is 11.7 Å². The van der Waals surface area contributed by atoms with Gasteiger partial charge in [-0.05, 0) is 29.4 Å². The third-order valence-corrected chi connectivity index (χ3v) is 3.81. The minimum absolute atomic E-state index is 0.237. The summed E-state index contributed by atoms with van der Waals surface area (Å²) in [7, 11) is 0. The van der Waals surface area contributed by atoms with E-state index in [-0.39, 0.29) is 6.61 Å². The molecule has 0 radical (unpaired) electrons. The Hall–Kier alpha value is -0.580. The highest BCUT2D eigenvalue weighted by molar-refractivity contribution is 7.99. The van der Waals surface area contributed by atoms with Crippen LogP contribution >= 0.6 is 11.8 Å². The lowest BCUT2D eigenvalue weighted by Gasteiger charge is -2.16. The zero-order chi connectivity index (χ0) is 11.1. The third kappa shape index (κ3) is 4.20. The average molecular weight is 226 g/mol. The Morgan fingerprint density at radius 3 is 2.67 bits per heavy atom. The van der Waals surface area contributed by atoms with Gasteiger partial charge in [0.1, 0.15) is 0 Å². The van der Waals surface area contributed by atoms with Crippen LogP contribution in [0, 0.1) is 5.92 Å². The number of rotatable bonds is 6. The summed E-state index contributed by atoms with van der Waals surface area (Å²) in [5.74, 6) is 1.26. The van der Waals surface area contributed by atoms with Crippen molar-refractivity contribution in [3.8, 4) is 0 Å². The monoisotopic (exact) mass is 226 g/mol. The van der Waals surface area contributed by atoms with Crippen molar-refractivity contribution >= 4 is 11.8 Å². The fourth-order valence-electron chi connectivity index (χ4n) is 1.21. The Morgan fingerprint density at radius 2 is 2.13 bits per heavy atom. The minimum Gasteiger partial charge on any atom is -0.396 e. The van der Waals surface area contributed by atoms with Crippen LogP contribution in [0.4, 0.5) is 0 Å². The first-order valence-corrected chi connectivity index (χ1v) is 6.15. The first-order valence-electron chi connectivity index (χ1n) is 5.10. The molecule has 2 atom stereocenters. The van der Waals surface area contributed by atoms with Crippen molar-refractivity contribution in [2.45, 2.75) is 12.2 Å². The van der Waals surface area contributed by atoms with Crippen LogP contribution in [0.25, 0.3) is 0 Å². The van der Waals surface area contributed by atoms with E-state index in [2.05, 4.69) is 4.98 Å². The zero-order valence-corrected chi connectivity index (χ0v) is 9.78. The van der Waals surface area contributed by atoms with Gasteiger partial charge in [0, 0.05) is 30.8 Å². The van der Waals surface area contributed by atoms with Crippen molar-refractivity contribution in [3.63, 3.8) is 0 Å². The number of hydrogen-bond donors (Lipinski definition) is 2. The minimum atomic E-state index is 0.237. The predicted octanol–water partition coefficient (Wildman–Crippen LogP) is 1.44. The van der Waals surface area contributed by atoms with Crippen molar-refractivity contribution in [3.05, 3.63) is 30.1 Å². The molecule has 0 fully saturated rings. The first-order chi connectivity index (χ1) is 7.27. The lowest BCUT2D eigenvalue weighted by atomic mass is 10.2. The van der Waals surface area contributed by atoms with E-state index >= 15 is 0 Å². The molecule has 0 aliphatic rings. The Morgan fingerprint density at radius 1 is 1.47 bits per heavy atom. The molecule has 0 saturated heterocycles. The highest BCUT2D eigenvalue weighted by atomic mass is 32.2. The van der Waals surface area contributed by atoms with E-state index in [1.807, 2.05) is 19.1 Å². The third-order valence-electron chi connectivity index (χ3n) is 2.19. The summed E-state index contributed by atoms with van der Waals surface area (Å²) in [5.41, 5.74) is 6.94. The highest BCUT2D eigenvalue weighted by Crippen LogP contribution is 2.28. The van der Waals surface area contributed by atoms with Gasteiger partial charge < -0.3 is 10.8 Å². The van der Waals surface area contributed by atoms with Crippen LogP contribution in [0.1, 0.15) is 17.7 Å². The summed E-state index contributed by atoms with van der Waals surface area (Å²) in [6, 6.07) is 3.99. The Kier molecular flexibility index (Phi) is 5.68. The fraction of sp³-hybridized carbons (Fsp3) is 0.545. The van der Waals surface area contributed by atoms with Gasteiger partial charge in [0.2, 0.25) is 0 Å². The molecule has 3 N–H and O–H groups in total. The van der Waals surface area contributed by atoms with Gasteiger partial charge in [0.15, 0.2) is 0 Å². The molecule has 4 heteroatoms. The normalized spacial score (nSPS) is 14.9. The predicted molar refractivity (Wildman–Crippen MR) is 64.7 cm³/mol. The van der Waals surface area contributed by atoms with Crippen molar-refractivity contribution < 1.29 is 5.11 Å². The van der Waals surface area contributed by atoms with Gasteiger partial charge in [-0.15, -0.1) is 0 Å². The van der Waals surface area contributed by atoms with Gasteiger partial charge in [-0.25, -0.2) is 0 Å². The van der Waals surface area contributed by atoms with Crippen LogP contribution in [-0.4, -0.2) is 29.0 Å². The lowest BCUT2D eigenvalue weighted by molar-refractivity contribution is 0.250. The number of aliphatic hydroxyl groups excluding tert-OH is 1. The molecule has 0 aromatic carbocycles. The molecule has 1 heterocycles. The van der Waals surface area contributed by atoms with Gasteiger partial charge in [0.25, 0.3) is 0 Å². The van der Waals surface area contributed by atoms with E-state index < -0.39 is 0 Å². The molecular weight excluding hydrogens is 208 g/mol. The molecule has 1 rings (SSSR count). The maximum Gasteiger partial charge on any atom is 0.0464 e. The number of nitrogens with two attached hydrogens (primary N) is 1. The number of aliphatic hydroxyl groups is 1. The molecule has 3 nitrogen and oxygen atoms in total. The summed E-state index contributed by atoms with van der Waals surface area (Å²) >= 11 is 1.79. The molecule has 2 unspecified atom stereocenters. The molecule has 0 aliphatic carbocycles. The SMILES string of the molecule is CC(CO)CSC(CN)c1ccncc1. The smallest absolute Gasteiger partial charge is 0.0464 e. The average Bonchev–Trinajstić information content (AvgIpc) is 2.31. The van der Waals surface area contributed by atoms with Crippen LogP contribution in [0.3, 0.4) is 0 Å². The molecule has 0 amide bonds. The molecule has 84 valence electrons. The summed E-state index contributed by atoms with van der Waals surface area (Å²) in [4.78, 5) is 3.98. The van der Waals surface area contributed by atoms with Crippen LogP contribution in [-0.2, 0) is 0 Å². The van der Waals surface area contributed by atoms with Gasteiger partial charge >= 0.3 is 0 Å². The van der Waals surface area contributed by atoms with Crippen molar-refractivity contribution in [2.75, 3.05) is 18.9 Å². The summed E-state index contributed by atoms with van der Waals surface area (Å²) in [6.07, 6.45) is 3.57. The lowest BCUT2D eigenvalue weighted by Crippen LogP contribution is -2.12. The Labute approximate surface area is 95.1 Å². The number of nitrogens with zero attached hydrogens (tertiary/aromatic N) is 1. The molecule has 0 aliphatic heterocycles. The quantitative estimate of drug-likeness (QED) is 0.770. The molecule has 0 bridgehead atoms. The second kappa shape index (κ2) is 6.82. The van der Waals surface area contributed by atoms with E-state index in [0.717, 1.165) is 5.75 Å². The number of aromatic nitrogens is 1. The summed E-state index contributed by atoms with van der Waals surface area (Å²) in [6.45, 7) is 2.89. The summed E-state index contributed by atoms with van der Waals surface area (Å²) in [5, 5.41) is 9.24. The molecule has 0 saturated carbocycles. The van der Waals surface area contributed by atoms with Crippen LogP contribution < -0.4 is 5.73 Å². The second-order valence-corrected chi connectivity index (χ2v) is 4.86.